The number of aromatic nitrogens is 3. The number of nitrogens with zero attached hydrogens (tertiary/aromatic N) is 3. The third-order valence-corrected chi connectivity index (χ3v) is 3.54. The predicted octanol–water partition coefficient (Wildman–Crippen LogP) is 2.70. The molecule has 2 heterocycles. The summed E-state index contributed by atoms with van der Waals surface area (Å²) in [7, 11) is 1.33. The fourth-order valence-corrected chi connectivity index (χ4v) is 2.34. The number of rotatable bonds is 5. The highest BCUT2D eigenvalue weighted by Gasteiger charge is 2.08. The number of pyridine rings is 1. The van der Waals surface area contributed by atoms with Gasteiger partial charge in [0, 0.05) is 12.2 Å². The number of methoxy groups -OCH3 is 1. The molecule has 2 amide bonds. The second kappa shape index (κ2) is 8.09. The molecule has 0 radical (unpaired) electrons. The van der Waals surface area contributed by atoms with Crippen LogP contribution < -0.4 is 16.0 Å². The number of urea groups is 1. The van der Waals surface area contributed by atoms with Crippen LogP contribution in [0.2, 0.25) is 0 Å². The molecule has 27 heavy (non-hydrogen) atoms. The van der Waals surface area contributed by atoms with Crippen LogP contribution >= 0.6 is 0 Å². The Morgan fingerprint density at radius 1 is 1.11 bits per heavy atom. The molecule has 0 atom stereocenters. The van der Waals surface area contributed by atoms with E-state index in [4.69, 9.17) is 4.74 Å². The van der Waals surface area contributed by atoms with E-state index in [1.54, 1.807) is 42.6 Å². The monoisotopic (exact) mass is 366 g/mol. The molecule has 9 nitrogen and oxygen atoms in total. The van der Waals surface area contributed by atoms with E-state index in [-0.39, 0.29) is 6.03 Å². The minimum absolute atomic E-state index is 0.341. The summed E-state index contributed by atoms with van der Waals surface area (Å²) in [5.41, 5.74) is 2.04. The first-order chi connectivity index (χ1) is 13.1. The van der Waals surface area contributed by atoms with Crippen molar-refractivity contribution in [3.05, 3.63) is 48.2 Å². The fourth-order valence-electron chi connectivity index (χ4n) is 2.34. The molecule has 0 fully saturated rings. The lowest BCUT2D eigenvalue weighted by molar-refractivity contribution is 0.0600. The first-order valence-electron chi connectivity index (χ1n) is 8.23. The number of nitrogens with one attached hydrogen (secondary N) is 3. The molecule has 3 rings (SSSR count). The normalized spacial score (nSPS) is 10.3. The summed E-state index contributed by atoms with van der Waals surface area (Å²) in [6, 6.07) is 9.86. The third-order valence-electron chi connectivity index (χ3n) is 3.54. The summed E-state index contributed by atoms with van der Waals surface area (Å²) in [6.45, 7) is 2.34. The number of anilines is 3. The van der Waals surface area contributed by atoms with E-state index in [9.17, 15) is 9.59 Å². The number of benzene rings is 1. The molecular formula is C18H18N6O3. The first kappa shape index (κ1) is 18.1. The van der Waals surface area contributed by atoms with Gasteiger partial charge in [0.25, 0.3) is 0 Å². The molecule has 0 aliphatic rings. The molecule has 0 aliphatic carbocycles. The number of ether oxygens (including phenoxy) is 1. The van der Waals surface area contributed by atoms with Gasteiger partial charge in [-0.3, -0.25) is 5.32 Å². The van der Waals surface area contributed by atoms with Gasteiger partial charge in [-0.15, -0.1) is 0 Å². The van der Waals surface area contributed by atoms with Crippen LogP contribution in [0.4, 0.5) is 22.1 Å². The Balaban J connectivity index is 1.83. The molecular weight excluding hydrogens is 348 g/mol. The Morgan fingerprint density at radius 3 is 2.70 bits per heavy atom. The zero-order valence-corrected chi connectivity index (χ0v) is 14.8. The maximum absolute atomic E-state index is 11.6. The smallest absolute Gasteiger partial charge is 0.337 e. The van der Waals surface area contributed by atoms with Crippen LogP contribution in [0.1, 0.15) is 17.3 Å². The number of fused-ring (bicyclic) bond motifs is 1. The van der Waals surface area contributed by atoms with E-state index in [0.717, 1.165) is 0 Å². The maximum atomic E-state index is 11.6. The van der Waals surface area contributed by atoms with E-state index in [1.807, 2.05) is 6.92 Å². The predicted molar refractivity (Wildman–Crippen MR) is 101 cm³/mol. The van der Waals surface area contributed by atoms with Gasteiger partial charge >= 0.3 is 12.0 Å². The Hall–Kier alpha value is -3.75. The van der Waals surface area contributed by atoms with Crippen LogP contribution in [0.25, 0.3) is 11.2 Å². The summed E-state index contributed by atoms with van der Waals surface area (Å²) in [5, 5.41) is 8.33. The van der Waals surface area contributed by atoms with Gasteiger partial charge in [-0.05, 0) is 37.3 Å². The van der Waals surface area contributed by atoms with Crippen LogP contribution in [-0.4, -0.2) is 40.6 Å². The van der Waals surface area contributed by atoms with Crippen LogP contribution in [-0.2, 0) is 4.74 Å². The van der Waals surface area contributed by atoms with Gasteiger partial charge in [-0.25, -0.2) is 24.5 Å². The number of carbonyl (C=O) groups excluding carboxylic acids is 2. The highest BCUT2D eigenvalue weighted by atomic mass is 16.5. The second-order valence-electron chi connectivity index (χ2n) is 5.48. The van der Waals surface area contributed by atoms with Gasteiger partial charge in [0.2, 0.25) is 0 Å². The summed E-state index contributed by atoms with van der Waals surface area (Å²) in [5.74, 6) is 0.394. The Morgan fingerprint density at radius 2 is 1.93 bits per heavy atom. The summed E-state index contributed by atoms with van der Waals surface area (Å²) in [4.78, 5) is 36.3. The van der Waals surface area contributed by atoms with Crippen LogP contribution in [0.15, 0.2) is 42.6 Å². The summed E-state index contributed by atoms with van der Waals surface area (Å²) >= 11 is 0. The van der Waals surface area contributed by atoms with Crippen molar-refractivity contribution < 1.29 is 14.3 Å². The third kappa shape index (κ3) is 4.46. The molecule has 0 unspecified atom stereocenters. The van der Waals surface area contributed by atoms with Crippen molar-refractivity contribution in [1.29, 1.82) is 0 Å². The van der Waals surface area contributed by atoms with Crippen LogP contribution in [0.3, 0.4) is 0 Å². The van der Waals surface area contributed by atoms with E-state index in [0.29, 0.717) is 40.6 Å². The number of amides is 2. The molecule has 0 saturated carbocycles. The quantitative estimate of drug-likeness (QED) is 0.594. The zero-order valence-electron chi connectivity index (χ0n) is 14.8. The number of hydrogen-bond donors (Lipinski definition) is 3. The van der Waals surface area contributed by atoms with Gasteiger partial charge in [0.15, 0.2) is 11.5 Å². The minimum atomic E-state index is -0.425. The minimum Gasteiger partial charge on any atom is -0.465 e. The molecule has 138 valence electrons. The molecule has 3 N–H and O–H groups in total. The van der Waals surface area contributed by atoms with Gasteiger partial charge in [0.1, 0.15) is 11.3 Å². The zero-order chi connectivity index (χ0) is 19.2. The van der Waals surface area contributed by atoms with E-state index >= 15 is 0 Å². The average Bonchev–Trinajstić information content (AvgIpc) is 2.67. The standard InChI is InChI=1S/C18H18N6O3/c1-3-19-18(26)24-14-8-7-13-16(22-14)23-15(10-20-13)21-12-6-4-5-11(9-12)17(25)27-2/h4-10H,3H2,1-2H3,(H3,19,21,22,23,24,26). The van der Waals surface area contributed by atoms with Gasteiger partial charge in [-0.1, -0.05) is 6.07 Å². The van der Waals surface area contributed by atoms with E-state index in [1.165, 1.54) is 7.11 Å². The van der Waals surface area contributed by atoms with Crippen molar-refractivity contribution >= 4 is 40.5 Å². The molecule has 3 aromatic rings. The van der Waals surface area contributed by atoms with Crippen molar-refractivity contribution in [3.8, 4) is 0 Å². The van der Waals surface area contributed by atoms with Crippen molar-refractivity contribution in [2.24, 2.45) is 0 Å². The molecule has 9 heteroatoms. The SMILES string of the molecule is CCNC(=O)Nc1ccc2ncc(Nc3cccc(C(=O)OC)c3)nc2n1. The van der Waals surface area contributed by atoms with Gasteiger partial charge in [0.05, 0.1) is 18.9 Å². The Bertz CT molecular complexity index is 992. The molecule has 0 bridgehead atoms. The molecule has 1 aromatic carbocycles. The van der Waals surface area contributed by atoms with Crippen LogP contribution in [0, 0.1) is 0 Å². The van der Waals surface area contributed by atoms with E-state index < -0.39 is 5.97 Å². The molecule has 0 aliphatic heterocycles. The lowest BCUT2D eigenvalue weighted by Gasteiger charge is -2.08. The molecule has 2 aromatic heterocycles. The number of carbonyl (C=O) groups is 2. The second-order valence-corrected chi connectivity index (χ2v) is 5.48. The molecule has 0 saturated heterocycles. The average molecular weight is 366 g/mol. The topological polar surface area (TPSA) is 118 Å². The van der Waals surface area contributed by atoms with Crippen molar-refractivity contribution in [1.82, 2.24) is 20.3 Å². The largest absolute Gasteiger partial charge is 0.465 e. The van der Waals surface area contributed by atoms with Gasteiger partial charge < -0.3 is 15.4 Å². The Kier molecular flexibility index (Phi) is 5.41. The highest BCUT2D eigenvalue weighted by Crippen LogP contribution is 2.19. The maximum Gasteiger partial charge on any atom is 0.337 e. The van der Waals surface area contributed by atoms with Crippen molar-refractivity contribution in [3.63, 3.8) is 0 Å². The van der Waals surface area contributed by atoms with Crippen molar-refractivity contribution in [2.45, 2.75) is 6.92 Å². The number of hydrogen-bond acceptors (Lipinski definition) is 7. The summed E-state index contributed by atoms with van der Waals surface area (Å²) < 4.78 is 4.72. The summed E-state index contributed by atoms with van der Waals surface area (Å²) in [6.07, 6.45) is 1.56. The van der Waals surface area contributed by atoms with Crippen LogP contribution in [0.5, 0.6) is 0 Å². The lowest BCUT2D eigenvalue weighted by atomic mass is 10.2. The first-order valence-corrected chi connectivity index (χ1v) is 8.23. The lowest BCUT2D eigenvalue weighted by Crippen LogP contribution is -2.28. The molecule has 0 spiro atoms. The van der Waals surface area contributed by atoms with E-state index in [2.05, 4.69) is 30.9 Å². The van der Waals surface area contributed by atoms with Crippen molar-refractivity contribution in [2.75, 3.05) is 24.3 Å². The number of esters is 1. The van der Waals surface area contributed by atoms with Gasteiger partial charge in [-0.2, -0.15) is 0 Å². The Labute approximate surface area is 155 Å². The highest BCUT2D eigenvalue weighted by molar-refractivity contribution is 5.91. The fraction of sp³-hybridized carbons (Fsp3) is 0.167.